The normalized spacial score (nSPS) is 37.5. The number of nitrogens with zero attached hydrogens (tertiary/aromatic N) is 2. The van der Waals surface area contributed by atoms with Crippen LogP contribution in [0.4, 0.5) is 5.82 Å². The monoisotopic (exact) mass is 345 g/mol. The van der Waals surface area contributed by atoms with E-state index in [1.54, 1.807) is 6.20 Å². The fourth-order valence-corrected chi connectivity index (χ4v) is 6.16. The van der Waals surface area contributed by atoms with Crippen molar-refractivity contribution >= 4 is 11.7 Å². The third kappa shape index (κ3) is 3.12. The smallest absolute Gasteiger partial charge is 0.226 e. The molecule has 0 aromatic carbocycles. The second-order valence-electron chi connectivity index (χ2n) is 9.56. The SMILES string of the molecule is CC(C)[C@H](C)n1nccc1NC(=O)CC12C[C@@H]3C[C@@H](CC(O)(C3)C1)C2. The lowest BCUT2D eigenvalue weighted by Crippen LogP contribution is -2.56. The van der Waals surface area contributed by atoms with Crippen LogP contribution in [0.25, 0.3) is 0 Å². The van der Waals surface area contributed by atoms with E-state index in [1.807, 2.05) is 10.7 Å². The molecule has 1 aromatic heterocycles. The number of carbonyl (C=O) groups is 1. The van der Waals surface area contributed by atoms with Crippen LogP contribution in [0.15, 0.2) is 12.3 Å². The summed E-state index contributed by atoms with van der Waals surface area (Å²) in [6.07, 6.45) is 8.47. The third-order valence-electron chi connectivity index (χ3n) is 6.98. The molecule has 5 rings (SSSR count). The van der Waals surface area contributed by atoms with Crippen LogP contribution in [0.3, 0.4) is 0 Å². The number of carbonyl (C=O) groups excluding carboxylic acids is 1. The van der Waals surface area contributed by atoms with Crippen molar-refractivity contribution in [3.05, 3.63) is 12.3 Å². The molecule has 5 heteroatoms. The van der Waals surface area contributed by atoms with E-state index in [0.29, 0.717) is 24.2 Å². The van der Waals surface area contributed by atoms with Gasteiger partial charge in [-0.25, -0.2) is 4.68 Å². The fourth-order valence-electron chi connectivity index (χ4n) is 6.16. The average molecular weight is 345 g/mol. The number of aromatic nitrogens is 2. The Morgan fingerprint density at radius 3 is 2.60 bits per heavy atom. The molecule has 2 unspecified atom stereocenters. The molecule has 5 atom stereocenters. The summed E-state index contributed by atoms with van der Waals surface area (Å²) < 4.78 is 1.91. The minimum absolute atomic E-state index is 0.0113. The van der Waals surface area contributed by atoms with Crippen LogP contribution in [0, 0.1) is 23.2 Å². The lowest BCUT2D eigenvalue weighted by molar-refractivity contribution is -0.167. The molecule has 4 bridgehead atoms. The van der Waals surface area contributed by atoms with Gasteiger partial charge in [-0.15, -0.1) is 0 Å². The van der Waals surface area contributed by atoms with Gasteiger partial charge in [-0.2, -0.15) is 5.10 Å². The summed E-state index contributed by atoms with van der Waals surface area (Å²) >= 11 is 0. The summed E-state index contributed by atoms with van der Waals surface area (Å²) in [5, 5.41) is 18.4. The van der Waals surface area contributed by atoms with Crippen molar-refractivity contribution in [1.29, 1.82) is 0 Å². The number of anilines is 1. The Hall–Kier alpha value is -1.36. The largest absolute Gasteiger partial charge is 0.390 e. The molecule has 0 spiro atoms. The van der Waals surface area contributed by atoms with Crippen molar-refractivity contribution in [2.45, 2.75) is 77.4 Å². The zero-order chi connectivity index (χ0) is 17.8. The molecule has 4 aliphatic carbocycles. The van der Waals surface area contributed by atoms with Crippen LogP contribution in [-0.4, -0.2) is 26.4 Å². The highest BCUT2D eigenvalue weighted by atomic mass is 16.3. The Kier molecular flexibility index (Phi) is 3.98. The van der Waals surface area contributed by atoms with E-state index in [0.717, 1.165) is 37.9 Å². The zero-order valence-corrected chi connectivity index (χ0v) is 15.7. The summed E-state index contributed by atoms with van der Waals surface area (Å²) in [5.74, 6) is 2.54. The second kappa shape index (κ2) is 5.83. The zero-order valence-electron chi connectivity index (χ0n) is 15.7. The van der Waals surface area contributed by atoms with Gasteiger partial charge in [0.25, 0.3) is 0 Å². The van der Waals surface area contributed by atoms with E-state index in [4.69, 9.17) is 0 Å². The minimum Gasteiger partial charge on any atom is -0.390 e. The highest BCUT2D eigenvalue weighted by Crippen LogP contribution is 2.62. The molecule has 0 radical (unpaired) electrons. The van der Waals surface area contributed by atoms with Gasteiger partial charge < -0.3 is 10.4 Å². The van der Waals surface area contributed by atoms with E-state index >= 15 is 0 Å². The van der Waals surface area contributed by atoms with Gasteiger partial charge >= 0.3 is 0 Å². The van der Waals surface area contributed by atoms with Crippen molar-refractivity contribution in [2.75, 3.05) is 5.32 Å². The van der Waals surface area contributed by atoms with E-state index in [2.05, 4.69) is 31.2 Å². The van der Waals surface area contributed by atoms with Gasteiger partial charge in [0.2, 0.25) is 5.91 Å². The molecule has 4 aliphatic rings. The number of hydrogen-bond donors (Lipinski definition) is 2. The summed E-state index contributed by atoms with van der Waals surface area (Å²) in [6, 6.07) is 2.12. The van der Waals surface area contributed by atoms with Gasteiger partial charge in [0, 0.05) is 12.5 Å². The quantitative estimate of drug-likeness (QED) is 0.854. The molecule has 1 amide bonds. The maximum atomic E-state index is 12.8. The van der Waals surface area contributed by atoms with Crippen molar-refractivity contribution in [3.63, 3.8) is 0 Å². The Labute approximate surface area is 150 Å². The van der Waals surface area contributed by atoms with E-state index in [1.165, 1.54) is 6.42 Å². The summed E-state index contributed by atoms with van der Waals surface area (Å²) in [5.41, 5.74) is -0.490. The molecular formula is C20H31N3O2. The molecular weight excluding hydrogens is 314 g/mol. The van der Waals surface area contributed by atoms with Crippen LogP contribution in [-0.2, 0) is 4.79 Å². The van der Waals surface area contributed by atoms with Gasteiger partial charge in [-0.3, -0.25) is 4.79 Å². The first-order valence-electron chi connectivity index (χ1n) is 9.83. The summed E-state index contributed by atoms with van der Waals surface area (Å²) in [7, 11) is 0. The van der Waals surface area contributed by atoms with E-state index in [9.17, 15) is 9.90 Å². The molecule has 2 N–H and O–H groups in total. The topological polar surface area (TPSA) is 67.2 Å². The lowest BCUT2D eigenvalue weighted by atomic mass is 9.47. The fraction of sp³-hybridized carbons (Fsp3) is 0.800. The Bertz CT molecular complexity index is 652. The third-order valence-corrected chi connectivity index (χ3v) is 6.98. The maximum absolute atomic E-state index is 12.8. The predicted molar refractivity (Wildman–Crippen MR) is 97.1 cm³/mol. The average Bonchev–Trinajstić information content (AvgIpc) is 2.90. The standard InChI is InChI=1S/C20H31N3O2/c1-13(2)14(3)23-17(4-5-21-23)22-18(24)11-19-7-15-6-16(8-19)10-20(25,9-15)12-19/h4-5,13-16,25H,6-12H2,1-3H3,(H,22,24)/t14-,15-,16+,19?,20?/m0/s1. The van der Waals surface area contributed by atoms with Crippen molar-refractivity contribution < 1.29 is 9.90 Å². The van der Waals surface area contributed by atoms with E-state index < -0.39 is 5.60 Å². The molecule has 5 nitrogen and oxygen atoms in total. The highest BCUT2D eigenvalue weighted by molar-refractivity contribution is 5.90. The van der Waals surface area contributed by atoms with Gasteiger partial charge in [0.05, 0.1) is 17.8 Å². The Balaban J connectivity index is 1.46. The molecule has 0 saturated heterocycles. The van der Waals surface area contributed by atoms with Crippen LogP contribution in [0.1, 0.15) is 71.8 Å². The van der Waals surface area contributed by atoms with Crippen LogP contribution < -0.4 is 5.32 Å². The van der Waals surface area contributed by atoms with E-state index in [-0.39, 0.29) is 17.4 Å². The van der Waals surface area contributed by atoms with Gasteiger partial charge in [-0.05, 0) is 68.6 Å². The first kappa shape index (κ1) is 17.1. The number of aliphatic hydroxyl groups is 1. The molecule has 4 fully saturated rings. The van der Waals surface area contributed by atoms with Crippen LogP contribution in [0.2, 0.25) is 0 Å². The van der Waals surface area contributed by atoms with Crippen molar-refractivity contribution in [1.82, 2.24) is 9.78 Å². The molecule has 4 saturated carbocycles. The minimum atomic E-state index is -0.502. The van der Waals surface area contributed by atoms with Crippen molar-refractivity contribution in [2.24, 2.45) is 23.2 Å². The number of amides is 1. The Morgan fingerprint density at radius 2 is 2.00 bits per heavy atom. The molecule has 25 heavy (non-hydrogen) atoms. The first-order valence-corrected chi connectivity index (χ1v) is 9.83. The summed E-state index contributed by atoms with van der Waals surface area (Å²) in [4.78, 5) is 12.8. The number of rotatable bonds is 5. The molecule has 138 valence electrons. The predicted octanol–water partition coefficient (Wildman–Crippen LogP) is 3.76. The lowest BCUT2D eigenvalue weighted by Gasteiger charge is -2.60. The molecule has 1 aromatic rings. The summed E-state index contributed by atoms with van der Waals surface area (Å²) in [6.45, 7) is 6.45. The number of nitrogens with one attached hydrogen (secondary N) is 1. The van der Waals surface area contributed by atoms with Gasteiger partial charge in [-0.1, -0.05) is 13.8 Å². The van der Waals surface area contributed by atoms with Gasteiger partial charge in [0.15, 0.2) is 0 Å². The van der Waals surface area contributed by atoms with Gasteiger partial charge in [0.1, 0.15) is 5.82 Å². The Morgan fingerprint density at radius 1 is 1.32 bits per heavy atom. The second-order valence-corrected chi connectivity index (χ2v) is 9.56. The number of hydrogen-bond acceptors (Lipinski definition) is 3. The molecule has 1 heterocycles. The first-order chi connectivity index (χ1) is 11.8. The molecule has 0 aliphatic heterocycles. The van der Waals surface area contributed by atoms with Crippen LogP contribution in [0.5, 0.6) is 0 Å². The van der Waals surface area contributed by atoms with Crippen molar-refractivity contribution in [3.8, 4) is 0 Å². The van der Waals surface area contributed by atoms with Crippen LogP contribution >= 0.6 is 0 Å². The highest BCUT2D eigenvalue weighted by Gasteiger charge is 2.57. The maximum Gasteiger partial charge on any atom is 0.226 e.